The summed E-state index contributed by atoms with van der Waals surface area (Å²) in [6, 6.07) is -1.52. The maximum Gasteiger partial charge on any atom is 0.408 e. The van der Waals surface area contributed by atoms with Crippen LogP contribution in [0.1, 0.15) is 27.2 Å². The second kappa shape index (κ2) is 8.67. The molecule has 10 nitrogen and oxygen atoms in total. The first kappa shape index (κ1) is 21.1. The van der Waals surface area contributed by atoms with Crippen LogP contribution < -0.4 is 5.32 Å². The molecule has 11 heteroatoms. The van der Waals surface area contributed by atoms with Gasteiger partial charge in [0.15, 0.2) is 6.04 Å². The van der Waals surface area contributed by atoms with E-state index < -0.39 is 58.6 Å². The van der Waals surface area contributed by atoms with Gasteiger partial charge in [0, 0.05) is 0 Å². The van der Waals surface area contributed by atoms with Crippen molar-refractivity contribution in [2.45, 2.75) is 38.8 Å². The Balaban J connectivity index is 4.42. The van der Waals surface area contributed by atoms with E-state index in [0.717, 1.165) is 7.11 Å². The summed E-state index contributed by atoms with van der Waals surface area (Å²) in [4.78, 5) is 33.8. The third-order valence-electron chi connectivity index (χ3n) is 2.21. The fraction of sp³-hybridized carbons (Fsp3) is 0.750. The lowest BCUT2D eigenvalue weighted by atomic mass is 10.2. The number of carboxylic acids is 1. The number of hydrogen-bond acceptors (Lipinski definition) is 8. The Morgan fingerprint density at radius 2 is 1.78 bits per heavy atom. The fourth-order valence-corrected chi connectivity index (χ4v) is 1.75. The number of carbonyl (C=O) groups is 3. The SMILES string of the molecule is COS(=O)(=O)CCC(=O)OCC(NC(=O)OC(C)(C)C)C(=O)O. The van der Waals surface area contributed by atoms with E-state index in [1.807, 2.05) is 5.32 Å². The maximum atomic E-state index is 11.5. The number of carbonyl (C=O) groups excluding carboxylic acids is 2. The van der Waals surface area contributed by atoms with E-state index in [9.17, 15) is 22.8 Å². The molecule has 0 spiro atoms. The van der Waals surface area contributed by atoms with E-state index in [-0.39, 0.29) is 0 Å². The number of carboxylic acid groups (broad SMARTS) is 1. The van der Waals surface area contributed by atoms with Crippen LogP contribution in [-0.4, -0.2) is 62.7 Å². The van der Waals surface area contributed by atoms with Crippen LogP contribution in [0.4, 0.5) is 4.79 Å². The van der Waals surface area contributed by atoms with Gasteiger partial charge in [-0.15, -0.1) is 0 Å². The van der Waals surface area contributed by atoms with Crippen LogP contribution in [0.3, 0.4) is 0 Å². The van der Waals surface area contributed by atoms with E-state index in [1.54, 1.807) is 20.8 Å². The van der Waals surface area contributed by atoms with Crippen molar-refractivity contribution < 1.29 is 41.6 Å². The Kier molecular flexibility index (Phi) is 7.97. The van der Waals surface area contributed by atoms with Gasteiger partial charge >= 0.3 is 18.0 Å². The minimum absolute atomic E-state index is 0.505. The van der Waals surface area contributed by atoms with Gasteiger partial charge in [-0.05, 0) is 20.8 Å². The number of esters is 1. The fourth-order valence-electron chi connectivity index (χ4n) is 1.16. The Bertz CT molecular complexity index is 535. The summed E-state index contributed by atoms with van der Waals surface area (Å²) >= 11 is 0. The minimum atomic E-state index is -3.82. The third-order valence-corrected chi connectivity index (χ3v) is 3.42. The van der Waals surface area contributed by atoms with E-state index >= 15 is 0 Å². The number of ether oxygens (including phenoxy) is 2. The lowest BCUT2D eigenvalue weighted by molar-refractivity contribution is -0.148. The highest BCUT2D eigenvalue weighted by Crippen LogP contribution is 2.07. The van der Waals surface area contributed by atoms with Gasteiger partial charge < -0.3 is 19.9 Å². The summed E-state index contributed by atoms with van der Waals surface area (Å²) in [5, 5.41) is 11.0. The smallest absolute Gasteiger partial charge is 0.408 e. The molecule has 0 saturated carbocycles. The van der Waals surface area contributed by atoms with Crippen LogP contribution in [0.15, 0.2) is 0 Å². The molecule has 0 saturated heterocycles. The molecule has 0 aromatic rings. The molecule has 0 radical (unpaired) electrons. The first-order chi connectivity index (χ1) is 10.4. The largest absolute Gasteiger partial charge is 0.480 e. The van der Waals surface area contributed by atoms with Crippen LogP contribution in [0.25, 0.3) is 0 Å². The normalized spacial score (nSPS) is 13.0. The summed E-state index contributed by atoms with van der Waals surface area (Å²) in [5.41, 5.74) is -0.821. The Morgan fingerprint density at radius 1 is 1.22 bits per heavy atom. The maximum absolute atomic E-state index is 11.5. The highest BCUT2D eigenvalue weighted by Gasteiger charge is 2.25. The zero-order chi connectivity index (χ0) is 18.3. The lowest BCUT2D eigenvalue weighted by Gasteiger charge is -2.21. The van der Waals surface area contributed by atoms with Crippen molar-refractivity contribution in [1.29, 1.82) is 0 Å². The minimum Gasteiger partial charge on any atom is -0.480 e. The third kappa shape index (κ3) is 10.5. The molecule has 134 valence electrons. The predicted octanol–water partition coefficient (Wildman–Crippen LogP) is -0.126. The van der Waals surface area contributed by atoms with Gasteiger partial charge in [0.25, 0.3) is 10.1 Å². The van der Waals surface area contributed by atoms with Gasteiger partial charge in [0.2, 0.25) is 0 Å². The molecule has 0 heterocycles. The zero-order valence-electron chi connectivity index (χ0n) is 13.3. The van der Waals surface area contributed by atoms with Crippen LogP contribution in [0.5, 0.6) is 0 Å². The van der Waals surface area contributed by atoms with Crippen molar-refractivity contribution in [3.05, 3.63) is 0 Å². The summed E-state index contributed by atoms with van der Waals surface area (Å²) in [7, 11) is -2.87. The monoisotopic (exact) mass is 355 g/mol. The number of amides is 1. The first-order valence-electron chi connectivity index (χ1n) is 6.52. The lowest BCUT2D eigenvalue weighted by Crippen LogP contribution is -2.46. The number of hydrogen-bond donors (Lipinski definition) is 2. The van der Waals surface area contributed by atoms with Crippen molar-refractivity contribution in [1.82, 2.24) is 5.32 Å². The molecule has 0 aliphatic carbocycles. The predicted molar refractivity (Wildman–Crippen MR) is 77.2 cm³/mol. The summed E-state index contributed by atoms with van der Waals surface area (Å²) in [6.45, 7) is 4.12. The van der Waals surface area contributed by atoms with Gasteiger partial charge in [-0.3, -0.25) is 8.98 Å². The molecule has 0 aliphatic rings. The van der Waals surface area contributed by atoms with Crippen LogP contribution in [0, 0.1) is 0 Å². The van der Waals surface area contributed by atoms with Crippen LogP contribution in [-0.2, 0) is 33.4 Å². The van der Waals surface area contributed by atoms with E-state index in [4.69, 9.17) is 9.84 Å². The zero-order valence-corrected chi connectivity index (χ0v) is 14.1. The van der Waals surface area contributed by atoms with E-state index in [2.05, 4.69) is 8.92 Å². The summed E-state index contributed by atoms with van der Waals surface area (Å²) in [5.74, 6) is -2.98. The number of aliphatic carboxylic acids is 1. The average molecular weight is 355 g/mol. The van der Waals surface area contributed by atoms with Gasteiger partial charge in [-0.25, -0.2) is 9.59 Å². The van der Waals surface area contributed by atoms with Gasteiger partial charge in [-0.1, -0.05) is 0 Å². The molecule has 2 N–H and O–H groups in total. The van der Waals surface area contributed by atoms with E-state index in [0.29, 0.717) is 0 Å². The standard InChI is InChI=1S/C12H21NO9S/c1-12(2,3)22-11(17)13-8(10(15)16)7-21-9(14)5-6-23(18,19)20-4/h8H,5-7H2,1-4H3,(H,13,17)(H,15,16). The molecule has 0 bridgehead atoms. The number of nitrogens with one attached hydrogen (secondary N) is 1. The molecule has 1 unspecified atom stereocenters. The molecule has 0 aromatic heterocycles. The highest BCUT2D eigenvalue weighted by molar-refractivity contribution is 7.86. The molecular formula is C12H21NO9S. The molecule has 0 fully saturated rings. The molecule has 0 aromatic carbocycles. The number of alkyl carbamates (subject to hydrolysis) is 1. The van der Waals surface area contributed by atoms with Crippen LogP contribution >= 0.6 is 0 Å². The molecule has 0 rings (SSSR count). The van der Waals surface area contributed by atoms with Crippen molar-refractivity contribution in [2.24, 2.45) is 0 Å². The Hall–Kier alpha value is -1.88. The van der Waals surface area contributed by atoms with Gasteiger partial charge in [-0.2, -0.15) is 8.42 Å². The molecular weight excluding hydrogens is 334 g/mol. The topological polar surface area (TPSA) is 145 Å². The second-order valence-corrected chi connectivity index (χ2v) is 7.26. The molecule has 1 atom stereocenters. The van der Waals surface area contributed by atoms with Crippen molar-refractivity contribution in [2.75, 3.05) is 19.5 Å². The number of rotatable bonds is 8. The average Bonchev–Trinajstić information content (AvgIpc) is 2.39. The highest BCUT2D eigenvalue weighted by atomic mass is 32.2. The first-order valence-corrected chi connectivity index (χ1v) is 8.10. The summed E-state index contributed by atoms with van der Waals surface area (Å²) < 4.78 is 35.7. The molecule has 23 heavy (non-hydrogen) atoms. The van der Waals surface area contributed by atoms with E-state index in [1.165, 1.54) is 0 Å². The second-order valence-electron chi connectivity index (χ2n) is 5.40. The molecule has 1 amide bonds. The van der Waals surface area contributed by atoms with Crippen molar-refractivity contribution >= 4 is 28.1 Å². The van der Waals surface area contributed by atoms with Crippen molar-refractivity contribution in [3.63, 3.8) is 0 Å². The molecule has 0 aliphatic heterocycles. The van der Waals surface area contributed by atoms with Crippen molar-refractivity contribution in [3.8, 4) is 0 Å². The van der Waals surface area contributed by atoms with Gasteiger partial charge in [0.05, 0.1) is 19.3 Å². The van der Waals surface area contributed by atoms with Crippen LogP contribution in [0.2, 0.25) is 0 Å². The quantitative estimate of drug-likeness (QED) is 0.449. The Labute approximate surface area is 134 Å². The van der Waals surface area contributed by atoms with Gasteiger partial charge in [0.1, 0.15) is 12.2 Å². The summed E-state index contributed by atoms with van der Waals surface area (Å²) in [6.07, 6.45) is -1.49. The Morgan fingerprint density at radius 3 is 2.22 bits per heavy atom.